The normalized spacial score (nSPS) is 21.1. The van der Waals surface area contributed by atoms with E-state index in [2.05, 4.69) is 16.3 Å². The van der Waals surface area contributed by atoms with Gasteiger partial charge in [0.05, 0.1) is 6.54 Å². The minimum Gasteiger partial charge on any atom is -0.352 e. The van der Waals surface area contributed by atoms with Gasteiger partial charge in [-0.1, -0.05) is 39.0 Å². The highest BCUT2D eigenvalue weighted by Crippen LogP contribution is 2.27. The molecule has 1 unspecified atom stereocenters. The summed E-state index contributed by atoms with van der Waals surface area (Å²) in [5.41, 5.74) is 1.93. The number of fused-ring (bicyclic) bond motifs is 1. The summed E-state index contributed by atoms with van der Waals surface area (Å²) < 4.78 is 0. The van der Waals surface area contributed by atoms with E-state index in [1.165, 1.54) is 5.56 Å². The zero-order valence-corrected chi connectivity index (χ0v) is 15.5. The van der Waals surface area contributed by atoms with Crippen LogP contribution in [0.5, 0.6) is 0 Å². The summed E-state index contributed by atoms with van der Waals surface area (Å²) >= 11 is 0. The third kappa shape index (κ3) is 4.21. The van der Waals surface area contributed by atoms with E-state index in [9.17, 15) is 9.59 Å². The van der Waals surface area contributed by atoms with Gasteiger partial charge >= 0.3 is 0 Å². The molecule has 5 nitrogen and oxygen atoms in total. The second kappa shape index (κ2) is 7.16. The molecule has 0 aliphatic carbocycles. The Morgan fingerprint density at radius 1 is 1.20 bits per heavy atom. The number of anilines is 1. The lowest BCUT2D eigenvalue weighted by molar-refractivity contribution is -0.129. The molecule has 25 heavy (non-hydrogen) atoms. The molecule has 0 aromatic heterocycles. The molecule has 0 radical (unpaired) electrons. The molecule has 1 aromatic carbocycles. The van der Waals surface area contributed by atoms with Crippen molar-refractivity contribution in [3.8, 4) is 0 Å². The molecular formula is C20H29N3O2. The molecule has 2 heterocycles. The first-order chi connectivity index (χ1) is 11.8. The van der Waals surface area contributed by atoms with E-state index in [1.54, 1.807) is 0 Å². The predicted octanol–water partition coefficient (Wildman–Crippen LogP) is 2.20. The monoisotopic (exact) mass is 343 g/mol. The van der Waals surface area contributed by atoms with Crippen LogP contribution in [0.1, 0.15) is 39.2 Å². The number of hydrogen-bond acceptors (Lipinski definition) is 3. The van der Waals surface area contributed by atoms with Crippen molar-refractivity contribution < 1.29 is 9.59 Å². The van der Waals surface area contributed by atoms with Crippen LogP contribution >= 0.6 is 0 Å². The lowest BCUT2D eigenvalue weighted by Gasteiger charge is -2.34. The van der Waals surface area contributed by atoms with E-state index in [0.29, 0.717) is 6.54 Å². The van der Waals surface area contributed by atoms with E-state index in [-0.39, 0.29) is 23.3 Å². The van der Waals surface area contributed by atoms with Crippen LogP contribution in [0.4, 0.5) is 5.69 Å². The molecule has 2 aliphatic heterocycles. The highest BCUT2D eigenvalue weighted by atomic mass is 16.2. The maximum absolute atomic E-state index is 12.8. The van der Waals surface area contributed by atoms with Gasteiger partial charge in [-0.25, -0.2) is 0 Å². The summed E-state index contributed by atoms with van der Waals surface area (Å²) in [5.74, 6) is 0.242. The van der Waals surface area contributed by atoms with Crippen molar-refractivity contribution >= 4 is 17.5 Å². The molecule has 1 atom stereocenters. The predicted molar refractivity (Wildman–Crippen MR) is 99.6 cm³/mol. The second-order valence-electron chi connectivity index (χ2n) is 8.22. The number of carbonyl (C=O) groups is 2. The Labute approximate surface area is 150 Å². The topological polar surface area (TPSA) is 52.7 Å². The smallest absolute Gasteiger partial charge is 0.241 e. The number of nitrogens with one attached hydrogen (secondary N) is 1. The summed E-state index contributed by atoms with van der Waals surface area (Å²) in [6, 6.07) is 8.28. The number of likely N-dealkylation sites (tertiary alicyclic amines) is 1. The summed E-state index contributed by atoms with van der Waals surface area (Å²) in [6.07, 6.45) is 2.93. The lowest BCUT2D eigenvalue weighted by atomic mass is 9.94. The van der Waals surface area contributed by atoms with Gasteiger partial charge in [0.1, 0.15) is 0 Å². The van der Waals surface area contributed by atoms with Crippen LogP contribution in [0, 0.1) is 5.41 Å². The number of hydrogen-bond donors (Lipinski definition) is 1. The van der Waals surface area contributed by atoms with Crippen molar-refractivity contribution in [2.24, 2.45) is 5.41 Å². The third-order valence-electron chi connectivity index (χ3n) is 5.07. The minimum atomic E-state index is -0.378. The van der Waals surface area contributed by atoms with Crippen molar-refractivity contribution in [2.75, 3.05) is 31.1 Å². The fraction of sp³-hybridized carbons (Fsp3) is 0.600. The largest absolute Gasteiger partial charge is 0.352 e. The molecule has 1 N–H and O–H groups in total. The molecule has 2 aliphatic rings. The zero-order valence-electron chi connectivity index (χ0n) is 15.5. The Hall–Kier alpha value is -1.88. The fourth-order valence-corrected chi connectivity index (χ4v) is 3.59. The zero-order chi connectivity index (χ0) is 18.0. The lowest BCUT2D eigenvalue weighted by Crippen LogP contribution is -2.52. The Bertz CT molecular complexity index is 651. The highest BCUT2D eigenvalue weighted by Gasteiger charge is 2.30. The molecule has 1 fully saturated rings. The van der Waals surface area contributed by atoms with E-state index in [0.717, 1.165) is 44.6 Å². The molecule has 136 valence electrons. The Kier molecular flexibility index (Phi) is 5.13. The van der Waals surface area contributed by atoms with Crippen LogP contribution in [-0.4, -0.2) is 48.9 Å². The van der Waals surface area contributed by atoms with Gasteiger partial charge in [0.15, 0.2) is 0 Å². The third-order valence-corrected chi connectivity index (χ3v) is 5.07. The molecule has 3 rings (SSSR count). The van der Waals surface area contributed by atoms with Gasteiger partial charge in [-0.15, -0.1) is 0 Å². The molecule has 1 saturated heterocycles. The number of rotatable bonds is 3. The van der Waals surface area contributed by atoms with Crippen LogP contribution in [0.15, 0.2) is 24.3 Å². The number of para-hydroxylation sites is 1. The molecule has 1 aromatic rings. The summed E-state index contributed by atoms with van der Waals surface area (Å²) in [5, 5.41) is 3.14. The summed E-state index contributed by atoms with van der Waals surface area (Å²) in [4.78, 5) is 29.1. The Balaban J connectivity index is 1.56. The first-order valence-corrected chi connectivity index (χ1v) is 9.26. The maximum Gasteiger partial charge on any atom is 0.241 e. The number of carbonyl (C=O) groups excluding carboxylic acids is 2. The Morgan fingerprint density at radius 2 is 1.96 bits per heavy atom. The van der Waals surface area contributed by atoms with Gasteiger partial charge < -0.3 is 10.2 Å². The standard InChI is InChI=1S/C20H29N3O2/c1-20(2,3)19(25)21-16-8-6-11-22(13-16)14-18(24)23-12-10-15-7-4-5-9-17(15)23/h4-5,7,9,16H,6,8,10-14H2,1-3H3,(H,21,25). The van der Waals surface area contributed by atoms with E-state index < -0.39 is 0 Å². The van der Waals surface area contributed by atoms with Crippen LogP contribution in [0.3, 0.4) is 0 Å². The first-order valence-electron chi connectivity index (χ1n) is 9.26. The SMILES string of the molecule is CC(C)(C)C(=O)NC1CCCN(CC(=O)N2CCc3ccccc32)C1. The quantitative estimate of drug-likeness (QED) is 0.915. The van der Waals surface area contributed by atoms with Crippen molar-refractivity contribution in [3.63, 3.8) is 0 Å². The second-order valence-corrected chi connectivity index (χ2v) is 8.22. The fourth-order valence-electron chi connectivity index (χ4n) is 3.59. The molecule has 0 bridgehead atoms. The number of piperidine rings is 1. The van der Waals surface area contributed by atoms with Crippen molar-refractivity contribution in [1.82, 2.24) is 10.2 Å². The van der Waals surface area contributed by atoms with E-state index in [4.69, 9.17) is 0 Å². The van der Waals surface area contributed by atoms with E-state index >= 15 is 0 Å². The number of nitrogens with zero attached hydrogens (tertiary/aromatic N) is 2. The van der Waals surface area contributed by atoms with Crippen LogP contribution in [0.2, 0.25) is 0 Å². The van der Waals surface area contributed by atoms with Gasteiger partial charge in [-0.05, 0) is 37.4 Å². The average molecular weight is 343 g/mol. The van der Waals surface area contributed by atoms with Crippen LogP contribution in [0.25, 0.3) is 0 Å². The van der Waals surface area contributed by atoms with Crippen molar-refractivity contribution in [2.45, 2.75) is 46.1 Å². The maximum atomic E-state index is 12.8. The molecule has 5 heteroatoms. The van der Waals surface area contributed by atoms with Crippen molar-refractivity contribution in [1.29, 1.82) is 0 Å². The van der Waals surface area contributed by atoms with Gasteiger partial charge in [0.2, 0.25) is 11.8 Å². The summed E-state index contributed by atoms with van der Waals surface area (Å²) in [6.45, 7) is 8.66. The van der Waals surface area contributed by atoms with Crippen LogP contribution < -0.4 is 10.2 Å². The van der Waals surface area contributed by atoms with Gasteiger partial charge in [-0.3, -0.25) is 14.5 Å². The van der Waals surface area contributed by atoms with Crippen molar-refractivity contribution in [3.05, 3.63) is 29.8 Å². The van der Waals surface area contributed by atoms with E-state index in [1.807, 2.05) is 43.9 Å². The van der Waals surface area contributed by atoms with Gasteiger partial charge in [-0.2, -0.15) is 0 Å². The molecule has 2 amide bonds. The molecular weight excluding hydrogens is 314 g/mol. The molecule has 0 saturated carbocycles. The molecule has 0 spiro atoms. The van der Waals surface area contributed by atoms with Gasteiger partial charge in [0.25, 0.3) is 0 Å². The number of benzene rings is 1. The number of amides is 2. The minimum absolute atomic E-state index is 0.0825. The van der Waals surface area contributed by atoms with Gasteiger partial charge in [0, 0.05) is 30.2 Å². The summed E-state index contributed by atoms with van der Waals surface area (Å²) in [7, 11) is 0. The highest BCUT2D eigenvalue weighted by molar-refractivity contribution is 5.96. The van der Waals surface area contributed by atoms with Crippen LogP contribution in [-0.2, 0) is 16.0 Å². The average Bonchev–Trinajstić information content (AvgIpc) is 2.98. The first kappa shape index (κ1) is 17.9. The Morgan fingerprint density at radius 3 is 2.72 bits per heavy atom.